The number of benzene rings is 1. The molecule has 0 radical (unpaired) electrons. The van der Waals surface area contributed by atoms with E-state index in [1.807, 2.05) is 52.8 Å². The number of amides is 1. The average molecular weight is 333 g/mol. The van der Waals surface area contributed by atoms with Crippen molar-refractivity contribution in [2.75, 3.05) is 6.61 Å². The Kier molecular flexibility index (Phi) is 5.04. The zero-order valence-corrected chi connectivity index (χ0v) is 15.1. The molecule has 0 spiro atoms. The summed E-state index contributed by atoms with van der Waals surface area (Å²) in [6, 6.07) is 5.87. The van der Waals surface area contributed by atoms with Crippen LogP contribution in [0.4, 0.5) is 0 Å². The Balaban J connectivity index is 2.18. The van der Waals surface area contributed by atoms with Crippen LogP contribution in [0.3, 0.4) is 0 Å². The van der Waals surface area contributed by atoms with Gasteiger partial charge in [0.05, 0.1) is 12.5 Å². The van der Waals surface area contributed by atoms with Crippen LogP contribution >= 0.6 is 0 Å². The highest BCUT2D eigenvalue weighted by atomic mass is 16.5. The summed E-state index contributed by atoms with van der Waals surface area (Å²) in [6.07, 6.45) is 0.309. The van der Waals surface area contributed by atoms with Gasteiger partial charge < -0.3 is 15.2 Å². The number of nitrogens with one attached hydrogen (secondary N) is 1. The van der Waals surface area contributed by atoms with Crippen LogP contribution < -0.4 is 5.32 Å². The monoisotopic (exact) mass is 333 g/mol. The largest absolute Gasteiger partial charge is 0.479 e. The third kappa shape index (κ3) is 2.93. The van der Waals surface area contributed by atoms with Crippen LogP contribution in [0.1, 0.15) is 43.9 Å². The number of ether oxygens (including phenoxy) is 1. The first kappa shape index (κ1) is 18.5. The lowest BCUT2D eigenvalue weighted by molar-refractivity contribution is -0.194. The van der Waals surface area contributed by atoms with E-state index >= 15 is 0 Å². The maximum Gasteiger partial charge on any atom is 0.330 e. The van der Waals surface area contributed by atoms with Crippen molar-refractivity contribution in [3.8, 4) is 0 Å². The third-order valence-electron chi connectivity index (χ3n) is 5.46. The smallest absolute Gasteiger partial charge is 0.330 e. The molecule has 2 rings (SSSR count). The molecule has 0 aromatic heterocycles. The van der Waals surface area contributed by atoms with Crippen molar-refractivity contribution in [3.05, 3.63) is 34.9 Å². The van der Waals surface area contributed by atoms with E-state index in [4.69, 9.17) is 4.74 Å². The molecule has 1 aliphatic rings. The Labute approximate surface area is 143 Å². The normalized spacial score (nSPS) is 25.0. The van der Waals surface area contributed by atoms with Gasteiger partial charge in [0.2, 0.25) is 5.91 Å². The van der Waals surface area contributed by atoms with E-state index in [1.165, 1.54) is 0 Å². The van der Waals surface area contributed by atoms with E-state index in [1.54, 1.807) is 0 Å². The zero-order valence-electron chi connectivity index (χ0n) is 15.1. The number of aliphatic carboxylic acids is 1. The molecule has 0 aliphatic heterocycles. The molecule has 1 fully saturated rings. The predicted octanol–water partition coefficient (Wildman–Crippen LogP) is 2.62. The molecule has 5 nitrogen and oxygen atoms in total. The van der Waals surface area contributed by atoms with Crippen molar-refractivity contribution in [2.24, 2.45) is 5.41 Å². The molecule has 5 heteroatoms. The molecule has 1 aromatic rings. The number of rotatable bonds is 6. The second-order valence-electron chi connectivity index (χ2n) is 7.18. The number of aryl methyl sites for hydroxylation is 2. The fourth-order valence-electron chi connectivity index (χ4n) is 3.61. The lowest BCUT2D eigenvalue weighted by Crippen LogP contribution is -2.76. The van der Waals surface area contributed by atoms with E-state index in [0.717, 1.165) is 16.7 Å². The highest BCUT2D eigenvalue weighted by molar-refractivity contribution is 5.90. The maximum absolute atomic E-state index is 12.6. The van der Waals surface area contributed by atoms with E-state index in [9.17, 15) is 14.7 Å². The van der Waals surface area contributed by atoms with Gasteiger partial charge in [-0.25, -0.2) is 4.79 Å². The summed E-state index contributed by atoms with van der Waals surface area (Å²) in [6.45, 7) is 10.0. The Morgan fingerprint density at radius 2 is 1.88 bits per heavy atom. The van der Waals surface area contributed by atoms with Crippen LogP contribution in [0.25, 0.3) is 0 Å². The molecule has 0 bridgehead atoms. The fraction of sp³-hybridized carbons (Fsp3) is 0.579. The van der Waals surface area contributed by atoms with Crippen LogP contribution in [0.5, 0.6) is 0 Å². The van der Waals surface area contributed by atoms with Gasteiger partial charge in [-0.1, -0.05) is 32.0 Å². The summed E-state index contributed by atoms with van der Waals surface area (Å²) in [5, 5.41) is 12.6. The number of hydrogen-bond donors (Lipinski definition) is 2. The molecule has 1 aliphatic carbocycles. The minimum atomic E-state index is -1.28. The maximum atomic E-state index is 12.6. The first-order chi connectivity index (χ1) is 11.2. The summed E-state index contributed by atoms with van der Waals surface area (Å²) < 4.78 is 5.62. The lowest BCUT2D eigenvalue weighted by Gasteiger charge is -2.58. The van der Waals surface area contributed by atoms with Gasteiger partial charge in [-0.15, -0.1) is 0 Å². The van der Waals surface area contributed by atoms with Gasteiger partial charge in [0.1, 0.15) is 5.54 Å². The summed E-state index contributed by atoms with van der Waals surface area (Å²) in [5.74, 6) is -1.27. The predicted molar refractivity (Wildman–Crippen MR) is 91.9 cm³/mol. The van der Waals surface area contributed by atoms with E-state index < -0.39 is 16.9 Å². The van der Waals surface area contributed by atoms with Crippen molar-refractivity contribution in [1.82, 2.24) is 5.32 Å². The van der Waals surface area contributed by atoms with Crippen LogP contribution in [0, 0.1) is 19.3 Å². The second-order valence-corrected chi connectivity index (χ2v) is 7.18. The molecule has 1 amide bonds. The average Bonchev–Trinajstić information content (AvgIpc) is 2.49. The molecule has 1 saturated carbocycles. The van der Waals surface area contributed by atoms with Gasteiger partial charge >= 0.3 is 5.97 Å². The quantitative estimate of drug-likeness (QED) is 0.839. The minimum Gasteiger partial charge on any atom is -0.479 e. The first-order valence-corrected chi connectivity index (χ1v) is 8.36. The summed E-state index contributed by atoms with van der Waals surface area (Å²) in [7, 11) is 0. The molecule has 1 aromatic carbocycles. The van der Waals surface area contributed by atoms with Gasteiger partial charge in [0.25, 0.3) is 0 Å². The topological polar surface area (TPSA) is 75.6 Å². The van der Waals surface area contributed by atoms with E-state index in [0.29, 0.717) is 13.0 Å². The standard InChI is InChI=1S/C19H27NO4/c1-6-24-15-11-19(17(22)23,18(15,4)5)20-16(21)10-14-12(2)8-7-9-13(14)3/h7-9,15H,6,10-11H2,1-5H3,(H,20,21)(H,22,23). The molecule has 132 valence electrons. The van der Waals surface area contributed by atoms with E-state index in [-0.39, 0.29) is 18.4 Å². The van der Waals surface area contributed by atoms with Crippen molar-refractivity contribution in [2.45, 2.75) is 59.1 Å². The van der Waals surface area contributed by atoms with Gasteiger partial charge in [-0.05, 0) is 37.5 Å². The number of carboxylic acids is 1. The summed E-state index contributed by atoms with van der Waals surface area (Å²) in [5.41, 5.74) is 1.09. The van der Waals surface area contributed by atoms with Crippen molar-refractivity contribution < 1.29 is 19.4 Å². The van der Waals surface area contributed by atoms with Crippen molar-refractivity contribution in [3.63, 3.8) is 0 Å². The number of carbonyl (C=O) groups excluding carboxylic acids is 1. The number of carbonyl (C=O) groups is 2. The molecule has 0 saturated heterocycles. The number of hydrogen-bond acceptors (Lipinski definition) is 3. The van der Waals surface area contributed by atoms with Gasteiger partial charge in [-0.3, -0.25) is 4.79 Å². The Hall–Kier alpha value is -1.88. The Morgan fingerprint density at radius 3 is 2.33 bits per heavy atom. The lowest BCUT2D eigenvalue weighted by atomic mass is 9.54. The highest BCUT2D eigenvalue weighted by Crippen LogP contribution is 2.51. The number of carboxylic acid groups (broad SMARTS) is 1. The molecule has 0 heterocycles. The summed E-state index contributed by atoms with van der Waals surface area (Å²) in [4.78, 5) is 24.5. The molecule has 2 atom stereocenters. The van der Waals surface area contributed by atoms with Crippen molar-refractivity contribution in [1.29, 1.82) is 0 Å². The molecule has 24 heavy (non-hydrogen) atoms. The molecular formula is C19H27NO4. The first-order valence-electron chi connectivity index (χ1n) is 8.36. The SMILES string of the molecule is CCOC1CC(NC(=O)Cc2c(C)cccc2C)(C(=O)O)C1(C)C. The van der Waals surface area contributed by atoms with Crippen LogP contribution in [0.15, 0.2) is 18.2 Å². The van der Waals surface area contributed by atoms with Crippen LogP contribution in [-0.2, 0) is 20.7 Å². The van der Waals surface area contributed by atoms with Crippen LogP contribution in [0.2, 0.25) is 0 Å². The van der Waals surface area contributed by atoms with Gasteiger partial charge in [0.15, 0.2) is 0 Å². The third-order valence-corrected chi connectivity index (χ3v) is 5.46. The van der Waals surface area contributed by atoms with Crippen molar-refractivity contribution >= 4 is 11.9 Å². The molecule has 2 N–H and O–H groups in total. The second kappa shape index (κ2) is 6.55. The highest BCUT2D eigenvalue weighted by Gasteiger charge is 2.66. The van der Waals surface area contributed by atoms with Gasteiger partial charge in [-0.2, -0.15) is 0 Å². The molecular weight excluding hydrogens is 306 g/mol. The van der Waals surface area contributed by atoms with Gasteiger partial charge in [0, 0.05) is 18.4 Å². The van der Waals surface area contributed by atoms with E-state index in [2.05, 4.69) is 5.32 Å². The minimum absolute atomic E-state index is 0.168. The van der Waals surface area contributed by atoms with Crippen LogP contribution in [-0.4, -0.2) is 35.2 Å². The zero-order chi connectivity index (χ0) is 18.1. The Morgan fingerprint density at radius 1 is 1.29 bits per heavy atom. The fourth-order valence-corrected chi connectivity index (χ4v) is 3.61. The summed E-state index contributed by atoms with van der Waals surface area (Å²) >= 11 is 0. The molecule has 2 unspecified atom stereocenters. The Bertz CT molecular complexity index is 633.